The fourth-order valence-electron chi connectivity index (χ4n) is 1.92. The zero-order valence-electron chi connectivity index (χ0n) is 12.5. The van der Waals surface area contributed by atoms with Crippen LogP contribution in [0.2, 0.25) is 0 Å². The summed E-state index contributed by atoms with van der Waals surface area (Å²) in [7, 11) is 0. The second kappa shape index (κ2) is 8.77. The number of hydrogen-bond donors (Lipinski definition) is 2. The van der Waals surface area contributed by atoms with Gasteiger partial charge in [-0.1, -0.05) is 6.92 Å². The van der Waals surface area contributed by atoms with Gasteiger partial charge in [0.15, 0.2) is 0 Å². The van der Waals surface area contributed by atoms with Crippen molar-refractivity contribution in [2.45, 2.75) is 19.8 Å². The zero-order valence-corrected chi connectivity index (χ0v) is 13.3. The highest BCUT2D eigenvalue weighted by Crippen LogP contribution is 2.24. The Bertz CT molecular complexity index is 525. The number of ether oxygens (including phenoxy) is 1. The number of thiazole rings is 1. The van der Waals surface area contributed by atoms with Gasteiger partial charge in [0, 0.05) is 37.0 Å². The number of rotatable bonds is 9. The van der Waals surface area contributed by atoms with Gasteiger partial charge in [-0.2, -0.15) is 0 Å². The standard InChI is InChI=1S/C16H23N3OS/c1-2-11-20-14-5-3-13(4-6-14)15-12-21-16(19-15)7-9-18-10-8-17/h3-6,12,18H,2,7-11,17H2,1H3. The molecule has 21 heavy (non-hydrogen) atoms. The van der Waals surface area contributed by atoms with Crippen LogP contribution in [0.3, 0.4) is 0 Å². The first-order chi connectivity index (χ1) is 10.3. The molecular formula is C16H23N3OS. The van der Waals surface area contributed by atoms with Crippen molar-refractivity contribution in [3.8, 4) is 17.0 Å². The van der Waals surface area contributed by atoms with Gasteiger partial charge in [-0.25, -0.2) is 4.98 Å². The van der Waals surface area contributed by atoms with E-state index in [0.29, 0.717) is 6.54 Å². The highest BCUT2D eigenvalue weighted by atomic mass is 32.1. The van der Waals surface area contributed by atoms with Crippen LogP contribution in [-0.4, -0.2) is 31.2 Å². The van der Waals surface area contributed by atoms with Crippen molar-refractivity contribution in [2.75, 3.05) is 26.2 Å². The van der Waals surface area contributed by atoms with Gasteiger partial charge in [0.05, 0.1) is 17.3 Å². The van der Waals surface area contributed by atoms with E-state index in [1.165, 1.54) is 0 Å². The zero-order chi connectivity index (χ0) is 14.9. The average molecular weight is 305 g/mol. The van der Waals surface area contributed by atoms with E-state index in [4.69, 9.17) is 10.5 Å². The van der Waals surface area contributed by atoms with Crippen LogP contribution in [0.4, 0.5) is 0 Å². The summed E-state index contributed by atoms with van der Waals surface area (Å²) in [5, 5.41) is 6.55. The number of nitrogens with two attached hydrogens (primary N) is 1. The first-order valence-corrected chi connectivity index (χ1v) is 8.30. The summed E-state index contributed by atoms with van der Waals surface area (Å²) in [5.41, 5.74) is 7.62. The van der Waals surface area contributed by atoms with Crippen molar-refractivity contribution in [3.63, 3.8) is 0 Å². The van der Waals surface area contributed by atoms with Crippen LogP contribution in [0, 0.1) is 0 Å². The number of aromatic nitrogens is 1. The lowest BCUT2D eigenvalue weighted by atomic mass is 10.2. The summed E-state index contributed by atoms with van der Waals surface area (Å²) in [6.07, 6.45) is 1.97. The molecule has 0 fully saturated rings. The summed E-state index contributed by atoms with van der Waals surface area (Å²) in [6, 6.07) is 8.15. The van der Waals surface area contributed by atoms with Gasteiger partial charge >= 0.3 is 0 Å². The van der Waals surface area contributed by atoms with E-state index in [1.807, 2.05) is 12.1 Å². The van der Waals surface area contributed by atoms with Crippen molar-refractivity contribution in [1.29, 1.82) is 0 Å². The molecule has 0 saturated heterocycles. The van der Waals surface area contributed by atoms with E-state index in [-0.39, 0.29) is 0 Å². The Balaban J connectivity index is 1.91. The molecule has 0 spiro atoms. The molecule has 0 radical (unpaired) electrons. The van der Waals surface area contributed by atoms with E-state index in [0.717, 1.165) is 54.6 Å². The Labute approximate surface area is 130 Å². The van der Waals surface area contributed by atoms with Crippen molar-refractivity contribution >= 4 is 11.3 Å². The van der Waals surface area contributed by atoms with Crippen LogP contribution in [0.15, 0.2) is 29.6 Å². The van der Waals surface area contributed by atoms with Gasteiger partial charge in [0.25, 0.3) is 0 Å². The molecule has 0 amide bonds. The molecule has 1 heterocycles. The maximum Gasteiger partial charge on any atom is 0.119 e. The molecule has 0 bridgehead atoms. The molecule has 1 aromatic carbocycles. The van der Waals surface area contributed by atoms with E-state index in [1.54, 1.807) is 11.3 Å². The summed E-state index contributed by atoms with van der Waals surface area (Å²) < 4.78 is 5.59. The molecular weight excluding hydrogens is 282 g/mol. The maximum absolute atomic E-state index is 5.59. The van der Waals surface area contributed by atoms with Gasteiger partial charge in [-0.3, -0.25) is 0 Å². The maximum atomic E-state index is 5.59. The van der Waals surface area contributed by atoms with Gasteiger partial charge in [-0.15, -0.1) is 11.3 Å². The fraction of sp³-hybridized carbons (Fsp3) is 0.438. The Morgan fingerprint density at radius 1 is 1.24 bits per heavy atom. The van der Waals surface area contributed by atoms with Crippen LogP contribution in [0.5, 0.6) is 5.75 Å². The van der Waals surface area contributed by atoms with Gasteiger partial charge < -0.3 is 15.8 Å². The molecule has 4 nitrogen and oxygen atoms in total. The molecule has 2 rings (SSSR count). The quantitative estimate of drug-likeness (QED) is 0.699. The van der Waals surface area contributed by atoms with Gasteiger partial charge in [0.2, 0.25) is 0 Å². The van der Waals surface area contributed by atoms with E-state index in [2.05, 4.69) is 34.7 Å². The minimum Gasteiger partial charge on any atom is -0.494 e. The number of hydrogen-bond acceptors (Lipinski definition) is 5. The van der Waals surface area contributed by atoms with E-state index in [9.17, 15) is 0 Å². The van der Waals surface area contributed by atoms with Gasteiger partial charge in [0.1, 0.15) is 5.75 Å². The minimum absolute atomic E-state index is 0.676. The molecule has 0 aliphatic heterocycles. The summed E-state index contributed by atoms with van der Waals surface area (Å²) >= 11 is 1.71. The third kappa shape index (κ3) is 5.12. The normalized spacial score (nSPS) is 10.8. The highest BCUT2D eigenvalue weighted by Gasteiger charge is 2.05. The lowest BCUT2D eigenvalue weighted by Crippen LogP contribution is -2.24. The highest BCUT2D eigenvalue weighted by molar-refractivity contribution is 7.09. The first-order valence-electron chi connectivity index (χ1n) is 7.42. The fourth-order valence-corrected chi connectivity index (χ4v) is 2.73. The monoisotopic (exact) mass is 305 g/mol. The lowest BCUT2D eigenvalue weighted by molar-refractivity contribution is 0.317. The lowest BCUT2D eigenvalue weighted by Gasteiger charge is -2.04. The molecule has 3 N–H and O–H groups in total. The molecule has 1 aromatic heterocycles. The Morgan fingerprint density at radius 3 is 2.76 bits per heavy atom. The van der Waals surface area contributed by atoms with E-state index < -0.39 is 0 Å². The minimum atomic E-state index is 0.676. The van der Waals surface area contributed by atoms with Gasteiger partial charge in [-0.05, 0) is 30.7 Å². The largest absolute Gasteiger partial charge is 0.494 e. The molecule has 0 atom stereocenters. The summed E-state index contributed by atoms with van der Waals surface area (Å²) in [4.78, 5) is 4.68. The Hall–Kier alpha value is -1.43. The third-order valence-corrected chi connectivity index (χ3v) is 3.92. The van der Waals surface area contributed by atoms with E-state index >= 15 is 0 Å². The SMILES string of the molecule is CCCOc1ccc(-c2csc(CCNCCN)n2)cc1. The summed E-state index contributed by atoms with van der Waals surface area (Å²) in [5.74, 6) is 0.919. The molecule has 5 heteroatoms. The van der Waals surface area contributed by atoms with Crippen molar-refractivity contribution < 1.29 is 4.74 Å². The van der Waals surface area contributed by atoms with Crippen LogP contribution in [-0.2, 0) is 6.42 Å². The number of nitrogens with zero attached hydrogens (tertiary/aromatic N) is 1. The average Bonchev–Trinajstić information content (AvgIpc) is 2.99. The third-order valence-electron chi connectivity index (χ3n) is 3.01. The predicted molar refractivity (Wildman–Crippen MR) is 89.0 cm³/mol. The Morgan fingerprint density at radius 2 is 2.05 bits per heavy atom. The molecule has 0 saturated carbocycles. The predicted octanol–water partition coefficient (Wildman–Crippen LogP) is 2.69. The second-order valence-electron chi connectivity index (χ2n) is 4.79. The summed E-state index contributed by atoms with van der Waals surface area (Å²) in [6.45, 7) is 5.32. The van der Waals surface area contributed by atoms with Crippen LogP contribution < -0.4 is 15.8 Å². The number of benzene rings is 1. The first kappa shape index (κ1) is 15.9. The molecule has 0 unspecified atom stereocenters. The molecule has 0 aliphatic rings. The molecule has 114 valence electrons. The van der Waals surface area contributed by atoms with Crippen LogP contribution >= 0.6 is 11.3 Å². The smallest absolute Gasteiger partial charge is 0.119 e. The topological polar surface area (TPSA) is 60.2 Å². The number of nitrogens with one attached hydrogen (secondary N) is 1. The molecule has 2 aromatic rings. The van der Waals surface area contributed by atoms with Crippen molar-refractivity contribution in [2.24, 2.45) is 5.73 Å². The molecule has 0 aliphatic carbocycles. The van der Waals surface area contributed by atoms with Crippen LogP contribution in [0.25, 0.3) is 11.3 Å². The Kier molecular flexibility index (Phi) is 6.66. The van der Waals surface area contributed by atoms with Crippen LogP contribution in [0.1, 0.15) is 18.4 Å². The van der Waals surface area contributed by atoms with Crippen molar-refractivity contribution in [3.05, 3.63) is 34.7 Å². The second-order valence-corrected chi connectivity index (χ2v) is 5.73. The van der Waals surface area contributed by atoms with Crippen molar-refractivity contribution in [1.82, 2.24) is 10.3 Å².